The lowest BCUT2D eigenvalue weighted by atomic mass is 10.2. The predicted molar refractivity (Wildman–Crippen MR) is 124 cm³/mol. The second-order valence-electron chi connectivity index (χ2n) is 7.54. The van der Waals surface area contributed by atoms with Crippen molar-refractivity contribution >= 4 is 28.4 Å². The van der Waals surface area contributed by atoms with Crippen molar-refractivity contribution < 1.29 is 0 Å². The fourth-order valence-electron chi connectivity index (χ4n) is 3.93. The molecule has 30 heavy (non-hydrogen) atoms. The molecule has 5 rings (SSSR count). The molecule has 1 N–H and O–H groups in total. The summed E-state index contributed by atoms with van der Waals surface area (Å²) in [5, 5.41) is 4.59. The zero-order valence-corrected chi connectivity index (χ0v) is 16.9. The van der Waals surface area contributed by atoms with Gasteiger partial charge in [-0.3, -0.25) is 0 Å². The smallest absolute Gasteiger partial charge is 0.228 e. The maximum atomic E-state index is 4.92. The van der Waals surface area contributed by atoms with Crippen LogP contribution in [0.4, 0.5) is 17.5 Å². The molecule has 0 radical (unpaired) electrons. The summed E-state index contributed by atoms with van der Waals surface area (Å²) in [6.07, 6.45) is 0. The lowest BCUT2D eigenvalue weighted by molar-refractivity contribution is 0.641. The molecule has 0 atom stereocenters. The number of piperazine rings is 1. The lowest BCUT2D eigenvalue weighted by Crippen LogP contribution is -2.47. The fraction of sp³-hybridized carbons (Fsp3) is 0.200. The number of para-hydroxylation sites is 2. The number of fused-ring (bicyclic) bond motifs is 1. The van der Waals surface area contributed by atoms with E-state index >= 15 is 0 Å². The molecular weight excluding hydrogens is 370 g/mol. The number of nitrogens with zero attached hydrogens (tertiary/aromatic N) is 4. The molecule has 0 spiro atoms. The minimum absolute atomic E-state index is 0.739. The van der Waals surface area contributed by atoms with Crippen LogP contribution < -0.4 is 15.1 Å². The molecule has 0 aliphatic carbocycles. The zero-order valence-electron chi connectivity index (χ0n) is 16.9. The topological polar surface area (TPSA) is 44.3 Å². The molecule has 150 valence electrons. The van der Waals surface area contributed by atoms with Crippen LogP contribution in [0, 0.1) is 0 Å². The van der Waals surface area contributed by atoms with Crippen molar-refractivity contribution in [3.63, 3.8) is 0 Å². The maximum absolute atomic E-state index is 4.92. The molecule has 1 aliphatic rings. The Hall–Kier alpha value is -3.60. The maximum Gasteiger partial charge on any atom is 0.228 e. The quantitative estimate of drug-likeness (QED) is 0.536. The SMILES string of the molecule is c1ccc(CNc2nc(N3CCN(c4ccccc4)CC3)nc3ccccc23)cc1. The van der Waals surface area contributed by atoms with Crippen molar-refractivity contribution in [1.29, 1.82) is 0 Å². The van der Waals surface area contributed by atoms with Gasteiger partial charge in [0.05, 0.1) is 5.52 Å². The Morgan fingerprint density at radius 2 is 1.30 bits per heavy atom. The number of hydrogen-bond acceptors (Lipinski definition) is 5. The Kier molecular flexibility index (Phi) is 5.17. The standard InChI is InChI=1S/C25H25N5/c1-3-9-20(10-4-1)19-26-24-22-13-7-8-14-23(22)27-25(28-24)30-17-15-29(16-18-30)21-11-5-2-6-12-21/h1-14H,15-19H2,(H,26,27,28). The van der Waals surface area contributed by atoms with E-state index in [0.717, 1.165) is 55.4 Å². The van der Waals surface area contributed by atoms with E-state index in [9.17, 15) is 0 Å². The van der Waals surface area contributed by atoms with E-state index in [4.69, 9.17) is 9.97 Å². The highest BCUT2D eigenvalue weighted by Gasteiger charge is 2.20. The van der Waals surface area contributed by atoms with Crippen LogP contribution in [-0.4, -0.2) is 36.1 Å². The van der Waals surface area contributed by atoms with Crippen LogP contribution in [-0.2, 0) is 6.54 Å². The molecule has 0 unspecified atom stereocenters. The summed E-state index contributed by atoms with van der Waals surface area (Å²) in [6, 6.07) is 29.2. The highest BCUT2D eigenvalue weighted by molar-refractivity contribution is 5.90. The van der Waals surface area contributed by atoms with Gasteiger partial charge in [0, 0.05) is 43.8 Å². The molecule has 1 fully saturated rings. The fourth-order valence-corrected chi connectivity index (χ4v) is 3.93. The number of nitrogens with one attached hydrogen (secondary N) is 1. The van der Waals surface area contributed by atoms with Gasteiger partial charge < -0.3 is 15.1 Å². The Labute approximate surface area is 177 Å². The third kappa shape index (κ3) is 3.92. The van der Waals surface area contributed by atoms with Crippen molar-refractivity contribution in [2.24, 2.45) is 0 Å². The van der Waals surface area contributed by atoms with Crippen molar-refractivity contribution in [2.75, 3.05) is 41.3 Å². The summed E-state index contributed by atoms with van der Waals surface area (Å²) >= 11 is 0. The van der Waals surface area contributed by atoms with Gasteiger partial charge in [-0.1, -0.05) is 60.7 Å². The van der Waals surface area contributed by atoms with Crippen LogP contribution in [0.1, 0.15) is 5.56 Å². The highest BCUT2D eigenvalue weighted by atomic mass is 15.3. The Bertz CT molecular complexity index is 1110. The average Bonchev–Trinajstić information content (AvgIpc) is 2.84. The van der Waals surface area contributed by atoms with E-state index in [1.807, 2.05) is 18.2 Å². The van der Waals surface area contributed by atoms with Crippen molar-refractivity contribution in [3.05, 3.63) is 90.5 Å². The van der Waals surface area contributed by atoms with Crippen LogP contribution in [0.3, 0.4) is 0 Å². The highest BCUT2D eigenvalue weighted by Crippen LogP contribution is 2.25. The van der Waals surface area contributed by atoms with Crippen molar-refractivity contribution in [2.45, 2.75) is 6.54 Å². The second kappa shape index (κ2) is 8.41. The van der Waals surface area contributed by atoms with Gasteiger partial charge in [0.1, 0.15) is 5.82 Å². The number of hydrogen-bond donors (Lipinski definition) is 1. The van der Waals surface area contributed by atoms with Gasteiger partial charge in [-0.15, -0.1) is 0 Å². The summed E-state index contributed by atoms with van der Waals surface area (Å²) in [5.74, 6) is 1.70. The molecule has 0 saturated carbocycles. The van der Waals surface area contributed by atoms with Gasteiger partial charge in [-0.25, -0.2) is 4.98 Å². The number of anilines is 3. The first-order valence-corrected chi connectivity index (χ1v) is 10.5. The van der Waals surface area contributed by atoms with Crippen LogP contribution in [0.5, 0.6) is 0 Å². The summed E-state index contributed by atoms with van der Waals surface area (Å²) in [6.45, 7) is 4.49. The van der Waals surface area contributed by atoms with Crippen molar-refractivity contribution in [1.82, 2.24) is 9.97 Å². The van der Waals surface area contributed by atoms with Gasteiger partial charge in [0.25, 0.3) is 0 Å². The van der Waals surface area contributed by atoms with Crippen LogP contribution >= 0.6 is 0 Å². The Morgan fingerprint density at radius 3 is 2.07 bits per heavy atom. The van der Waals surface area contributed by atoms with Gasteiger partial charge in [-0.2, -0.15) is 4.98 Å². The van der Waals surface area contributed by atoms with E-state index in [0.29, 0.717) is 0 Å². The van der Waals surface area contributed by atoms with Gasteiger partial charge in [0.2, 0.25) is 5.95 Å². The third-order valence-corrected chi connectivity index (χ3v) is 5.58. The summed E-state index contributed by atoms with van der Waals surface area (Å²) in [7, 11) is 0. The lowest BCUT2D eigenvalue weighted by Gasteiger charge is -2.36. The zero-order chi connectivity index (χ0) is 20.2. The van der Waals surface area contributed by atoms with E-state index in [1.165, 1.54) is 11.3 Å². The summed E-state index contributed by atoms with van der Waals surface area (Å²) in [5.41, 5.74) is 3.49. The number of aromatic nitrogens is 2. The first kappa shape index (κ1) is 18.4. The molecular formula is C25H25N5. The molecule has 3 aromatic carbocycles. The second-order valence-corrected chi connectivity index (χ2v) is 7.54. The normalized spacial score (nSPS) is 14.1. The monoisotopic (exact) mass is 395 g/mol. The first-order valence-electron chi connectivity index (χ1n) is 10.5. The van der Waals surface area contributed by atoms with Crippen LogP contribution in [0.25, 0.3) is 10.9 Å². The minimum atomic E-state index is 0.739. The summed E-state index contributed by atoms with van der Waals surface area (Å²) in [4.78, 5) is 14.5. The molecule has 4 aromatic rings. The largest absolute Gasteiger partial charge is 0.368 e. The molecule has 5 heteroatoms. The molecule has 1 aromatic heterocycles. The molecule has 5 nitrogen and oxygen atoms in total. The van der Waals surface area contributed by atoms with Crippen LogP contribution in [0.15, 0.2) is 84.9 Å². The third-order valence-electron chi connectivity index (χ3n) is 5.58. The van der Waals surface area contributed by atoms with Gasteiger partial charge in [0.15, 0.2) is 0 Å². The van der Waals surface area contributed by atoms with E-state index in [2.05, 4.69) is 81.8 Å². The molecule has 0 bridgehead atoms. The first-order chi connectivity index (χ1) is 14.9. The molecule has 1 aliphatic heterocycles. The predicted octanol–water partition coefficient (Wildman–Crippen LogP) is 4.57. The summed E-state index contributed by atoms with van der Waals surface area (Å²) < 4.78 is 0. The van der Waals surface area contributed by atoms with Crippen molar-refractivity contribution in [3.8, 4) is 0 Å². The molecule has 2 heterocycles. The van der Waals surface area contributed by atoms with Gasteiger partial charge in [-0.05, 0) is 29.8 Å². The van der Waals surface area contributed by atoms with E-state index in [-0.39, 0.29) is 0 Å². The van der Waals surface area contributed by atoms with E-state index < -0.39 is 0 Å². The van der Waals surface area contributed by atoms with E-state index in [1.54, 1.807) is 0 Å². The Balaban J connectivity index is 1.37. The minimum Gasteiger partial charge on any atom is -0.368 e. The average molecular weight is 396 g/mol. The molecule has 1 saturated heterocycles. The Morgan fingerprint density at radius 1 is 0.667 bits per heavy atom. The number of benzene rings is 3. The molecule has 0 amide bonds. The van der Waals surface area contributed by atoms with Gasteiger partial charge >= 0.3 is 0 Å². The van der Waals surface area contributed by atoms with Crippen LogP contribution in [0.2, 0.25) is 0 Å². The number of rotatable bonds is 5.